The largest absolute Gasteiger partial charge is 0.497 e. The first-order chi connectivity index (χ1) is 15.4. The molecule has 3 atom stereocenters. The Hall–Kier alpha value is -2.53. The molecule has 32 heavy (non-hydrogen) atoms. The lowest BCUT2D eigenvalue weighted by molar-refractivity contribution is -0.130. The molecule has 3 N–H and O–H groups in total. The fourth-order valence-corrected chi connectivity index (χ4v) is 4.91. The van der Waals surface area contributed by atoms with Crippen molar-refractivity contribution in [2.45, 2.75) is 48.8 Å². The lowest BCUT2D eigenvalue weighted by Gasteiger charge is -2.35. The average Bonchev–Trinajstić information content (AvgIpc) is 2.80. The minimum absolute atomic E-state index is 0.102. The van der Waals surface area contributed by atoms with E-state index in [-0.39, 0.29) is 29.9 Å². The molecule has 1 fully saturated rings. The molecule has 1 aliphatic heterocycles. The van der Waals surface area contributed by atoms with Gasteiger partial charge in [0.2, 0.25) is 15.9 Å². The first kappa shape index (κ1) is 24.1. The second kappa shape index (κ2) is 11.4. The zero-order chi connectivity index (χ0) is 23.0. The van der Waals surface area contributed by atoms with Crippen LogP contribution in [0.25, 0.3) is 0 Å². The van der Waals surface area contributed by atoms with Crippen LogP contribution in [0.4, 0.5) is 0 Å². The highest BCUT2D eigenvalue weighted by Gasteiger charge is 2.34. The number of aliphatic hydroxyl groups is 1. The molecule has 9 nitrogen and oxygen atoms in total. The predicted octanol–water partition coefficient (Wildman–Crippen LogP) is 1.03. The Morgan fingerprint density at radius 3 is 2.56 bits per heavy atom. The van der Waals surface area contributed by atoms with Gasteiger partial charge in [-0.1, -0.05) is 0 Å². The van der Waals surface area contributed by atoms with E-state index in [2.05, 4.69) is 15.0 Å². The predicted molar refractivity (Wildman–Crippen MR) is 118 cm³/mol. The number of ether oxygens (including phenoxy) is 2. The van der Waals surface area contributed by atoms with Crippen LogP contribution in [-0.2, 0) is 26.0 Å². The van der Waals surface area contributed by atoms with Gasteiger partial charge >= 0.3 is 0 Å². The third-order valence-corrected chi connectivity index (χ3v) is 6.88. The number of nitrogens with zero attached hydrogens (tertiary/aromatic N) is 1. The van der Waals surface area contributed by atoms with Gasteiger partial charge < -0.3 is 19.9 Å². The van der Waals surface area contributed by atoms with Crippen molar-refractivity contribution < 1.29 is 27.8 Å². The van der Waals surface area contributed by atoms with Crippen molar-refractivity contribution in [1.82, 2.24) is 15.0 Å². The summed E-state index contributed by atoms with van der Waals surface area (Å²) in [5.74, 6) is 0.415. The van der Waals surface area contributed by atoms with Crippen molar-refractivity contribution in [3.63, 3.8) is 0 Å². The lowest BCUT2D eigenvalue weighted by atomic mass is 9.98. The van der Waals surface area contributed by atoms with Crippen molar-refractivity contribution in [2.75, 3.05) is 20.3 Å². The van der Waals surface area contributed by atoms with Gasteiger partial charge in [0.25, 0.3) is 0 Å². The third-order valence-electron chi connectivity index (χ3n) is 5.37. The van der Waals surface area contributed by atoms with Gasteiger partial charge in [0.15, 0.2) is 0 Å². The molecule has 2 aromatic rings. The van der Waals surface area contributed by atoms with Crippen LogP contribution >= 0.6 is 0 Å². The van der Waals surface area contributed by atoms with E-state index in [1.807, 2.05) is 12.1 Å². The molecular weight excluding hydrogens is 434 g/mol. The average molecular weight is 464 g/mol. The number of rotatable bonds is 10. The normalized spacial score (nSPS) is 21.1. The van der Waals surface area contributed by atoms with Gasteiger partial charge in [-0.05, 0) is 61.2 Å². The van der Waals surface area contributed by atoms with Crippen LogP contribution in [0.3, 0.4) is 0 Å². The minimum atomic E-state index is -3.79. The van der Waals surface area contributed by atoms with E-state index in [0.29, 0.717) is 31.6 Å². The van der Waals surface area contributed by atoms with Crippen LogP contribution in [-0.4, -0.2) is 62.9 Å². The second-order valence-corrected chi connectivity index (χ2v) is 9.33. The molecule has 1 aromatic carbocycles. The van der Waals surface area contributed by atoms with Gasteiger partial charge in [0.1, 0.15) is 5.75 Å². The Morgan fingerprint density at radius 2 is 1.91 bits per heavy atom. The van der Waals surface area contributed by atoms with Crippen LogP contribution in [0.5, 0.6) is 5.75 Å². The van der Waals surface area contributed by atoms with E-state index in [1.54, 1.807) is 24.5 Å². The van der Waals surface area contributed by atoms with Gasteiger partial charge in [0.05, 0.1) is 43.3 Å². The summed E-state index contributed by atoms with van der Waals surface area (Å²) in [7, 11) is -2.28. The summed E-state index contributed by atoms with van der Waals surface area (Å²) in [4.78, 5) is 16.3. The van der Waals surface area contributed by atoms with E-state index in [4.69, 9.17) is 9.47 Å². The third kappa shape index (κ3) is 6.73. The second-order valence-electron chi connectivity index (χ2n) is 7.62. The van der Waals surface area contributed by atoms with E-state index >= 15 is 0 Å². The highest BCUT2D eigenvalue weighted by Crippen LogP contribution is 2.24. The Morgan fingerprint density at radius 1 is 1.19 bits per heavy atom. The quantitative estimate of drug-likeness (QED) is 0.480. The summed E-state index contributed by atoms with van der Waals surface area (Å²) >= 11 is 0. The smallest absolute Gasteiger partial charge is 0.240 e. The number of methoxy groups -OCH3 is 1. The van der Waals surface area contributed by atoms with Crippen LogP contribution < -0.4 is 14.8 Å². The van der Waals surface area contributed by atoms with Crippen molar-refractivity contribution in [1.29, 1.82) is 0 Å². The summed E-state index contributed by atoms with van der Waals surface area (Å²) in [6.07, 6.45) is 4.13. The molecule has 1 aromatic heterocycles. The van der Waals surface area contributed by atoms with Gasteiger partial charge in [-0.2, -0.15) is 0 Å². The van der Waals surface area contributed by atoms with Crippen LogP contribution in [0.15, 0.2) is 53.7 Å². The number of nitrogens with one attached hydrogen (secondary N) is 2. The number of benzene rings is 1. The standard InChI is InChI=1S/C22H29N3O6S/c1-30-17-2-5-19(6-3-17)32(28,29)25-20-7-4-18(31-21(20)15-26)14-22(27)24-13-10-16-8-11-23-12-9-16/h2-3,5-6,8-9,11-12,18,20-21,25-26H,4,7,10,13-15H2,1H3,(H,24,27)/t18-,20-,21-/m1/s1. The zero-order valence-electron chi connectivity index (χ0n) is 17.9. The van der Waals surface area contributed by atoms with Gasteiger partial charge in [-0.25, -0.2) is 13.1 Å². The van der Waals surface area contributed by atoms with Crippen LogP contribution in [0, 0.1) is 0 Å². The summed E-state index contributed by atoms with van der Waals surface area (Å²) in [5.41, 5.74) is 1.08. The minimum Gasteiger partial charge on any atom is -0.497 e. The van der Waals surface area contributed by atoms with E-state index in [9.17, 15) is 18.3 Å². The van der Waals surface area contributed by atoms with Crippen molar-refractivity contribution >= 4 is 15.9 Å². The van der Waals surface area contributed by atoms with Gasteiger partial charge in [-0.3, -0.25) is 9.78 Å². The molecule has 2 heterocycles. The maximum Gasteiger partial charge on any atom is 0.240 e. The first-order valence-electron chi connectivity index (χ1n) is 10.5. The molecule has 0 radical (unpaired) electrons. The molecular formula is C22H29N3O6S. The summed E-state index contributed by atoms with van der Waals surface area (Å²) < 4.78 is 38.9. The lowest BCUT2D eigenvalue weighted by Crippen LogP contribution is -2.51. The number of aliphatic hydroxyl groups excluding tert-OH is 1. The maximum absolute atomic E-state index is 12.7. The van der Waals surface area contributed by atoms with Crippen LogP contribution in [0.2, 0.25) is 0 Å². The topological polar surface area (TPSA) is 127 Å². The molecule has 0 bridgehead atoms. The summed E-state index contributed by atoms with van der Waals surface area (Å²) in [6.45, 7) is 0.152. The number of amides is 1. The van der Waals surface area contributed by atoms with E-state index in [0.717, 1.165) is 5.56 Å². The number of hydrogen-bond acceptors (Lipinski definition) is 7. The fourth-order valence-electron chi connectivity index (χ4n) is 3.61. The highest BCUT2D eigenvalue weighted by atomic mass is 32.2. The molecule has 0 spiro atoms. The molecule has 1 aliphatic rings. The summed E-state index contributed by atoms with van der Waals surface area (Å²) in [6, 6.07) is 9.26. The Kier molecular flexibility index (Phi) is 8.57. The van der Waals surface area contributed by atoms with Crippen LogP contribution in [0.1, 0.15) is 24.8 Å². The molecule has 3 rings (SSSR count). The number of pyridine rings is 1. The zero-order valence-corrected chi connectivity index (χ0v) is 18.8. The van der Waals surface area contributed by atoms with E-state index < -0.39 is 22.2 Å². The van der Waals surface area contributed by atoms with E-state index in [1.165, 1.54) is 19.2 Å². The van der Waals surface area contributed by atoms with Gasteiger partial charge in [0, 0.05) is 18.9 Å². The maximum atomic E-state index is 12.7. The molecule has 0 saturated carbocycles. The van der Waals surface area contributed by atoms with Crippen molar-refractivity contribution in [3.8, 4) is 5.75 Å². The van der Waals surface area contributed by atoms with Gasteiger partial charge in [-0.15, -0.1) is 0 Å². The SMILES string of the molecule is COc1ccc(S(=O)(=O)N[C@@H]2CC[C@H](CC(=O)NCCc3ccncc3)O[C@@H]2CO)cc1. The Labute approximate surface area is 188 Å². The van der Waals surface area contributed by atoms with Crippen molar-refractivity contribution in [2.24, 2.45) is 0 Å². The molecule has 10 heteroatoms. The number of sulfonamides is 1. The highest BCUT2D eigenvalue weighted by molar-refractivity contribution is 7.89. The molecule has 174 valence electrons. The van der Waals surface area contributed by atoms with Crippen molar-refractivity contribution in [3.05, 3.63) is 54.4 Å². The number of carbonyl (C=O) groups excluding carboxylic acids is 1. The molecule has 1 amide bonds. The number of aromatic nitrogens is 1. The number of carbonyl (C=O) groups is 1. The monoisotopic (exact) mass is 463 g/mol. The fraction of sp³-hybridized carbons (Fsp3) is 0.455. The number of hydrogen-bond donors (Lipinski definition) is 3. The Bertz CT molecular complexity index is 969. The first-order valence-corrected chi connectivity index (χ1v) is 12.0. The molecule has 1 saturated heterocycles. The Balaban J connectivity index is 1.48. The summed E-state index contributed by atoms with van der Waals surface area (Å²) in [5, 5.41) is 12.6. The molecule has 0 aliphatic carbocycles. The molecule has 0 unspecified atom stereocenters.